The second-order valence-electron chi connectivity index (χ2n) is 18.5. The summed E-state index contributed by atoms with van der Waals surface area (Å²) in [5.41, 5.74) is 8.90. The highest BCUT2D eigenvalue weighted by atomic mass is 16.5. The number of piperidine rings is 1. The summed E-state index contributed by atoms with van der Waals surface area (Å²) < 4.78 is 5.50. The maximum Gasteiger partial charge on any atom is 0.160 e. The zero-order chi connectivity index (χ0) is 41.1. The van der Waals surface area contributed by atoms with E-state index in [4.69, 9.17) is 10.5 Å². The second-order valence-corrected chi connectivity index (χ2v) is 18.5. The average molecular weight is 802 g/mol. The van der Waals surface area contributed by atoms with Gasteiger partial charge < -0.3 is 36.4 Å². The molecule has 2 aromatic carbocycles. The van der Waals surface area contributed by atoms with Crippen LogP contribution in [0.3, 0.4) is 0 Å². The number of Topliss-reactive ketones (excluding diaryl/α,β-unsaturated/α-hetero) is 2. The minimum Gasteiger partial charge on any atom is -0.504 e. The number of ether oxygens (including phenoxy) is 1. The van der Waals surface area contributed by atoms with Gasteiger partial charge in [0.25, 0.3) is 0 Å². The number of methoxy groups -OCH3 is 1. The number of phenols is 1. The monoisotopic (exact) mass is 801 g/mol. The molecule has 11 unspecified atom stereocenters. The molecule has 6 aliphatic rings. The Labute approximate surface area is 350 Å². The van der Waals surface area contributed by atoms with Crippen molar-refractivity contribution in [1.29, 1.82) is 0 Å². The van der Waals surface area contributed by atoms with Crippen LogP contribution in [-0.2, 0) is 16.0 Å². The molecule has 7 N–H and O–H groups in total. The van der Waals surface area contributed by atoms with E-state index in [0.29, 0.717) is 104 Å². The molecule has 11 atom stereocenters. The predicted octanol–water partition coefficient (Wildman–Crippen LogP) is 6.71. The first kappa shape index (κ1) is 41.4. The third-order valence-corrected chi connectivity index (χ3v) is 15.1. The highest BCUT2D eigenvalue weighted by molar-refractivity contribution is 5.89. The van der Waals surface area contributed by atoms with Crippen LogP contribution in [0.1, 0.15) is 106 Å². The lowest BCUT2D eigenvalue weighted by molar-refractivity contribution is -0.135. The lowest BCUT2D eigenvalue weighted by Gasteiger charge is -2.51. The summed E-state index contributed by atoms with van der Waals surface area (Å²) >= 11 is 0. The van der Waals surface area contributed by atoms with Gasteiger partial charge in [-0.3, -0.25) is 9.59 Å². The Morgan fingerprint density at radius 3 is 2.64 bits per heavy atom. The zero-order valence-electron chi connectivity index (χ0n) is 34.6. The quantitative estimate of drug-likeness (QED) is 0.144. The number of ketones is 2. The van der Waals surface area contributed by atoms with Gasteiger partial charge in [0.1, 0.15) is 11.2 Å². The molecule has 9 heteroatoms. The van der Waals surface area contributed by atoms with Crippen LogP contribution in [0.5, 0.6) is 11.5 Å². The number of hydrogen-bond acceptors (Lipinski definition) is 9. The number of benzene rings is 2. The Hall–Kier alpha value is -4.36. The van der Waals surface area contributed by atoms with Crippen molar-refractivity contribution >= 4 is 17.6 Å². The Morgan fingerprint density at radius 2 is 1.85 bits per heavy atom. The Balaban J connectivity index is 0.992. The van der Waals surface area contributed by atoms with E-state index in [-0.39, 0.29) is 29.8 Å². The van der Waals surface area contributed by atoms with Crippen LogP contribution in [0.4, 0.5) is 0 Å². The third-order valence-electron chi connectivity index (χ3n) is 15.1. The minimum absolute atomic E-state index is 0.0108. The molecule has 1 spiro atoms. The predicted molar refractivity (Wildman–Crippen MR) is 230 cm³/mol. The van der Waals surface area contributed by atoms with Crippen molar-refractivity contribution < 1.29 is 29.6 Å². The van der Waals surface area contributed by atoms with Gasteiger partial charge in [-0.1, -0.05) is 60.4 Å². The summed E-state index contributed by atoms with van der Waals surface area (Å²) in [4.78, 5) is 26.5. The minimum atomic E-state index is -1.14. The van der Waals surface area contributed by atoms with Crippen LogP contribution >= 0.6 is 0 Å². The highest BCUT2D eigenvalue weighted by Gasteiger charge is 2.51. The van der Waals surface area contributed by atoms with Crippen LogP contribution < -0.4 is 21.1 Å². The van der Waals surface area contributed by atoms with Gasteiger partial charge in [-0.2, -0.15) is 0 Å². The van der Waals surface area contributed by atoms with Gasteiger partial charge in [-0.05, 0) is 147 Å². The number of aromatic hydroxyl groups is 1. The topological polar surface area (TPSA) is 154 Å². The summed E-state index contributed by atoms with van der Waals surface area (Å²) in [5.74, 6) is 10.6. The van der Waals surface area contributed by atoms with Crippen LogP contribution in [0.2, 0.25) is 0 Å². The molecule has 1 saturated heterocycles. The number of aliphatic hydroxyl groups is 2. The first-order valence-corrected chi connectivity index (χ1v) is 22.3. The molecule has 4 fully saturated rings. The third kappa shape index (κ3) is 9.06. The normalized spacial score (nSPS) is 33.0. The van der Waals surface area contributed by atoms with Crippen LogP contribution in [0.15, 0.2) is 72.1 Å². The molecular formula is C50H63N3O6. The van der Waals surface area contributed by atoms with Crippen LogP contribution in [-0.4, -0.2) is 65.3 Å². The number of carbonyl (C=O) groups excluding carboxylic acids is 2. The molecule has 0 bridgehead atoms. The number of allylic oxidation sites excluding steroid dienone is 3. The molecule has 59 heavy (non-hydrogen) atoms. The van der Waals surface area contributed by atoms with E-state index < -0.39 is 17.6 Å². The number of hydrogen-bond donors (Lipinski definition) is 6. The van der Waals surface area contributed by atoms with Gasteiger partial charge in [0.05, 0.1) is 25.1 Å². The smallest absolute Gasteiger partial charge is 0.160 e. The lowest BCUT2D eigenvalue weighted by atomic mass is 9.57. The van der Waals surface area contributed by atoms with E-state index in [1.165, 1.54) is 13.5 Å². The van der Waals surface area contributed by atoms with Crippen molar-refractivity contribution in [2.45, 2.75) is 114 Å². The van der Waals surface area contributed by atoms with Gasteiger partial charge in [0, 0.05) is 43.7 Å². The summed E-state index contributed by atoms with van der Waals surface area (Å²) in [6, 6.07) is 14.0. The number of aliphatic hydroxyl groups excluding tert-OH is 2. The number of dihydropyridines is 1. The van der Waals surface area contributed by atoms with Crippen LogP contribution in [0, 0.1) is 52.8 Å². The van der Waals surface area contributed by atoms with Gasteiger partial charge >= 0.3 is 0 Å². The summed E-state index contributed by atoms with van der Waals surface area (Å²) in [7, 11) is 1.52. The van der Waals surface area contributed by atoms with Crippen molar-refractivity contribution in [3.63, 3.8) is 0 Å². The number of nitrogens with two attached hydrogens (primary N) is 1. The van der Waals surface area contributed by atoms with Crippen molar-refractivity contribution in [3.8, 4) is 23.3 Å². The summed E-state index contributed by atoms with van der Waals surface area (Å²) in [6.07, 6.45) is 16.8. The number of carbonyl (C=O) groups is 2. The number of rotatable bonds is 10. The Morgan fingerprint density at radius 1 is 1.02 bits per heavy atom. The molecule has 2 heterocycles. The fourth-order valence-corrected chi connectivity index (χ4v) is 11.8. The summed E-state index contributed by atoms with van der Waals surface area (Å²) in [5, 5.41) is 41.6. The molecule has 4 aliphatic carbocycles. The first-order chi connectivity index (χ1) is 28.6. The van der Waals surface area contributed by atoms with E-state index in [0.717, 1.165) is 60.9 Å². The highest BCUT2D eigenvalue weighted by Crippen LogP contribution is 2.51. The second kappa shape index (κ2) is 18.1. The molecule has 0 radical (unpaired) electrons. The fraction of sp³-hybridized carbons (Fsp3) is 0.560. The molecule has 8 rings (SSSR count). The number of aryl methyl sites for hydroxylation is 1. The van der Waals surface area contributed by atoms with E-state index in [2.05, 4.69) is 52.8 Å². The van der Waals surface area contributed by atoms with Crippen molar-refractivity contribution in [1.82, 2.24) is 10.6 Å². The number of nitrogens with one attached hydrogen (secondary N) is 2. The summed E-state index contributed by atoms with van der Waals surface area (Å²) in [6.45, 7) is 1.60. The van der Waals surface area contributed by atoms with E-state index in [1.54, 1.807) is 6.07 Å². The molecule has 3 saturated carbocycles. The largest absolute Gasteiger partial charge is 0.504 e. The van der Waals surface area contributed by atoms with Crippen molar-refractivity contribution in [2.24, 2.45) is 46.7 Å². The molecule has 0 aromatic heterocycles. The Kier molecular flexibility index (Phi) is 12.7. The van der Waals surface area contributed by atoms with Gasteiger partial charge in [0.2, 0.25) is 0 Å². The van der Waals surface area contributed by atoms with Gasteiger partial charge in [-0.25, -0.2) is 0 Å². The van der Waals surface area contributed by atoms with Gasteiger partial charge in [0.15, 0.2) is 17.3 Å². The maximum absolute atomic E-state index is 14.4. The molecule has 314 valence electrons. The van der Waals surface area contributed by atoms with E-state index in [1.807, 2.05) is 30.3 Å². The number of phenolic OH excluding ortho intramolecular Hbond substituents is 1. The van der Waals surface area contributed by atoms with Crippen molar-refractivity contribution in [3.05, 3.63) is 88.8 Å². The molecule has 2 aromatic rings. The van der Waals surface area contributed by atoms with E-state index >= 15 is 0 Å². The SMILES string of the molecule is COc1cc2c(cc1O)C(CCC(O)CC(C=Cc1ccccc1)C1=CCNC(N)=C1)C#CC1(CCC(C3CCC4C(CNC5CC(=O)CCC54)C3)CC1O)C(=O)CC2. The standard InChI is InChI=1S/C50H63N3O6/c1-59-46-25-37-11-16-47(57)50(21-18-35(26-48(50)58)33-10-14-41-38(23-33)30-53-44-28-40(55)13-15-42(41)44)20-17-32(43(37)29-45(46)56)9-12-39(54)24-34(36-19-22-52-49(51)27-36)8-7-31-5-3-2-4-6-31/h2-8,19,25,27,29,32-35,38-39,41-42,44,48,52-54,56,58H,9-16,18,21-24,26,28,30,51H2,1H3. The van der Waals surface area contributed by atoms with Gasteiger partial charge in [-0.15, -0.1) is 0 Å². The average Bonchev–Trinajstić information content (AvgIpc) is 3.29. The van der Waals surface area contributed by atoms with Crippen molar-refractivity contribution in [2.75, 3.05) is 20.2 Å². The Bertz CT molecular complexity index is 2010. The van der Waals surface area contributed by atoms with Crippen LogP contribution in [0.25, 0.3) is 6.08 Å². The molecular weight excluding hydrogens is 739 g/mol. The molecule has 9 nitrogen and oxygen atoms in total. The fourth-order valence-electron chi connectivity index (χ4n) is 11.8. The number of fused-ring (bicyclic) bond motifs is 4. The molecule has 0 amide bonds. The lowest BCUT2D eigenvalue weighted by Crippen LogP contribution is -2.55. The first-order valence-electron chi connectivity index (χ1n) is 22.3. The molecule has 2 aliphatic heterocycles. The maximum atomic E-state index is 14.4. The zero-order valence-corrected chi connectivity index (χ0v) is 34.6. The van der Waals surface area contributed by atoms with E-state index in [9.17, 15) is 24.9 Å².